The number of nitrogens with zero attached hydrogens (tertiary/aromatic N) is 4. The highest BCUT2D eigenvalue weighted by Gasteiger charge is 2.24. The van der Waals surface area contributed by atoms with Gasteiger partial charge in [0.25, 0.3) is 0 Å². The van der Waals surface area contributed by atoms with E-state index >= 15 is 0 Å². The van der Waals surface area contributed by atoms with Crippen LogP contribution in [0.1, 0.15) is 64.2 Å². The highest BCUT2D eigenvalue weighted by molar-refractivity contribution is 14.0. The summed E-state index contributed by atoms with van der Waals surface area (Å²) in [4.78, 5) is 8.49. The number of hydrogen-bond donors (Lipinski definition) is 4. The molecule has 8 rings (SSSR count). The van der Waals surface area contributed by atoms with Crippen molar-refractivity contribution in [3.8, 4) is 22.4 Å². The third kappa shape index (κ3) is 16.1. The first-order valence-corrected chi connectivity index (χ1v) is 25.9. The molecular weight excluding hydrogens is 1170 g/mol. The molecule has 75 heavy (non-hydrogen) atoms. The van der Waals surface area contributed by atoms with E-state index in [9.17, 15) is 10.2 Å². The van der Waals surface area contributed by atoms with Gasteiger partial charge < -0.3 is 57.3 Å². The summed E-state index contributed by atoms with van der Waals surface area (Å²) in [5, 5.41) is 31.8. The Kier molecular flexibility index (Phi) is 23.4. The molecule has 0 fully saturated rings. The van der Waals surface area contributed by atoms with Crippen molar-refractivity contribution in [3.63, 3.8) is 0 Å². The van der Waals surface area contributed by atoms with Gasteiger partial charge in [0.2, 0.25) is 16.7 Å². The number of nitrogen functional groups attached to an aromatic ring is 4. The Morgan fingerprint density at radius 2 is 0.920 bits per heavy atom. The number of nitrogens with two attached hydrogens (primary N) is 4. The van der Waals surface area contributed by atoms with Crippen molar-refractivity contribution in [1.29, 1.82) is 0 Å². The number of aromatic nitrogens is 2. The van der Waals surface area contributed by atoms with Gasteiger partial charge in [-0.15, -0.1) is 48.0 Å². The van der Waals surface area contributed by atoms with Gasteiger partial charge in [-0.2, -0.15) is 9.13 Å². The van der Waals surface area contributed by atoms with Gasteiger partial charge in [0, 0.05) is 95.9 Å². The van der Waals surface area contributed by atoms with E-state index in [-0.39, 0.29) is 59.7 Å². The number of aliphatic imine (C=N–C) groups is 2. The van der Waals surface area contributed by atoms with E-state index < -0.39 is 0 Å². The largest absolute Gasteiger partial charge is 0.862 e. The lowest BCUT2D eigenvalue weighted by Crippen LogP contribution is -2.38. The summed E-state index contributed by atoms with van der Waals surface area (Å²) in [7, 11) is 0. The highest BCUT2D eigenvalue weighted by atomic mass is 127. The van der Waals surface area contributed by atoms with Crippen molar-refractivity contribution in [2.24, 2.45) is 9.98 Å². The van der Waals surface area contributed by atoms with Crippen LogP contribution >= 0.6 is 48.0 Å². The minimum Gasteiger partial charge on any atom is -0.862 e. The van der Waals surface area contributed by atoms with Crippen LogP contribution in [0.2, 0.25) is 0 Å². The van der Waals surface area contributed by atoms with Crippen LogP contribution in [0.25, 0.3) is 65.7 Å². The van der Waals surface area contributed by atoms with Gasteiger partial charge in [-0.25, -0.2) is 0 Å². The first-order valence-electron chi connectivity index (χ1n) is 25.9. The van der Waals surface area contributed by atoms with Crippen LogP contribution in [0.5, 0.6) is 0 Å². The average molecular weight is 1240 g/mol. The normalized spacial score (nSPS) is 11.9. The summed E-state index contributed by atoms with van der Waals surface area (Å²) >= 11 is 0. The number of ether oxygens (including phenoxy) is 3. The number of aryl methyl sites for hydroxylation is 2. The summed E-state index contributed by atoms with van der Waals surface area (Å²) in [5.74, 6) is -0.126. The van der Waals surface area contributed by atoms with Crippen LogP contribution in [0.4, 0.5) is 22.7 Å². The standard InChI is InChI=1S/C60H70N8O5.2HI/c61-45-21-24-48-51-26-23-47(63)41-56(51)68(60(52(48)39-45)44-17-7-2-8-18-44)32-12-4-10-20-58(70)66-30-14-34-72-36-38-73-37-35-71-33-13-29-65-57(69)19-9-3-11-31-67-42-53-49(50-25-22-46(62)40-55(50)67)27-28-54(64)59(53)43-15-5-1-6-16-43;;/h1-2,5-8,15-18,21-28,39-42,62-63H,3-4,9-14,19-20,29-38,61,64H2,(H2,65,66,69,70);2*1H. The molecule has 15 heteroatoms. The maximum Gasteiger partial charge on any atom is 0.220 e. The maximum absolute atomic E-state index is 12.6. The molecule has 0 aliphatic carbocycles. The number of fused-ring (bicyclic) bond motifs is 6. The fourth-order valence-corrected chi connectivity index (χ4v) is 9.65. The molecule has 0 bridgehead atoms. The molecule has 13 nitrogen and oxygen atoms in total. The fraction of sp³-hybridized carbons (Fsp3) is 0.333. The van der Waals surface area contributed by atoms with Crippen LogP contribution < -0.4 is 42.3 Å². The molecule has 0 saturated carbocycles. The number of halogens is 2. The first-order chi connectivity index (χ1) is 35.7. The van der Waals surface area contributed by atoms with Crippen molar-refractivity contribution in [2.45, 2.75) is 77.3 Å². The number of unbranched alkanes of at least 4 members (excludes halogenated alkanes) is 4. The number of rotatable bonds is 28. The second kappa shape index (κ2) is 30.0. The molecule has 2 heterocycles. The zero-order valence-corrected chi connectivity index (χ0v) is 47.5. The predicted octanol–water partition coefficient (Wildman–Crippen LogP) is 9.94. The van der Waals surface area contributed by atoms with Gasteiger partial charge in [0.1, 0.15) is 13.1 Å². The van der Waals surface area contributed by atoms with Gasteiger partial charge in [0.15, 0.2) is 6.20 Å². The van der Waals surface area contributed by atoms with Crippen LogP contribution in [0, 0.1) is 0 Å². The Bertz CT molecular complexity index is 3160. The van der Waals surface area contributed by atoms with Gasteiger partial charge in [-0.05, 0) is 123 Å². The zero-order chi connectivity index (χ0) is 50.8. The summed E-state index contributed by atoms with van der Waals surface area (Å²) in [6, 6.07) is 43.0. The van der Waals surface area contributed by atoms with E-state index in [0.717, 1.165) is 134 Å². The highest BCUT2D eigenvalue weighted by Crippen LogP contribution is 2.37. The van der Waals surface area contributed by atoms with Gasteiger partial charge in [-0.1, -0.05) is 60.7 Å². The van der Waals surface area contributed by atoms with Crippen LogP contribution in [-0.2, 0) is 27.3 Å². The monoisotopic (exact) mass is 1240 g/mol. The Balaban J connectivity index is 0.00000457. The van der Waals surface area contributed by atoms with Crippen molar-refractivity contribution in [3.05, 3.63) is 134 Å². The van der Waals surface area contributed by atoms with Crippen molar-refractivity contribution in [2.75, 3.05) is 75.7 Å². The molecule has 0 radical (unpaired) electrons. The lowest BCUT2D eigenvalue weighted by atomic mass is 9.95. The van der Waals surface area contributed by atoms with E-state index in [1.54, 1.807) is 0 Å². The third-order valence-electron chi connectivity index (χ3n) is 13.2. The van der Waals surface area contributed by atoms with E-state index in [1.165, 1.54) is 0 Å². The molecule has 0 aliphatic rings. The lowest BCUT2D eigenvalue weighted by Gasteiger charge is -2.14. The molecule has 0 saturated heterocycles. The summed E-state index contributed by atoms with van der Waals surface area (Å²) in [6.45, 7) is 5.34. The molecule has 396 valence electrons. The van der Waals surface area contributed by atoms with Crippen molar-refractivity contribution < 1.29 is 33.6 Å². The molecule has 8 aromatic rings. The van der Waals surface area contributed by atoms with Gasteiger partial charge in [-0.3, -0.25) is 0 Å². The molecule has 2 aromatic heterocycles. The Labute approximate surface area is 475 Å². The van der Waals surface area contributed by atoms with Crippen molar-refractivity contribution >= 4 is 126 Å². The minimum absolute atomic E-state index is 0. The average Bonchev–Trinajstić information content (AvgIpc) is 3.39. The second-order valence-electron chi connectivity index (χ2n) is 18.6. The topological polar surface area (TPSA) is 210 Å². The quantitative estimate of drug-likeness (QED) is 0.00698. The summed E-state index contributed by atoms with van der Waals surface area (Å²) < 4.78 is 21.6. The van der Waals surface area contributed by atoms with Crippen LogP contribution in [0.15, 0.2) is 144 Å². The first kappa shape index (κ1) is 58.4. The molecule has 0 aliphatic heterocycles. The van der Waals surface area contributed by atoms with E-state index in [1.807, 2.05) is 54.6 Å². The zero-order valence-electron chi connectivity index (χ0n) is 42.8. The minimum atomic E-state index is -0.0639. The molecule has 6 aromatic carbocycles. The number of anilines is 4. The SMILES string of the molecule is I.I.Nc1ccc2c(c1)c(-c1ccccc1)[n+](CCCCCC([O-])=NCCCOCCOCCOCCCN=C([O-])CCCCC[n+]1cc3c(-c4ccccc4)c(N)ccc3c3ccc(N)cc31)c1cc(N)ccc21. The number of benzene rings is 6. The molecule has 0 unspecified atom stereocenters. The van der Waals surface area contributed by atoms with Gasteiger partial charge in [0.05, 0.1) is 48.0 Å². The Morgan fingerprint density at radius 3 is 1.52 bits per heavy atom. The maximum atomic E-state index is 12.6. The third-order valence-corrected chi connectivity index (χ3v) is 13.2. The smallest absolute Gasteiger partial charge is 0.220 e. The number of pyridine rings is 2. The molecule has 0 spiro atoms. The van der Waals surface area contributed by atoms with E-state index in [2.05, 4.69) is 98.1 Å². The summed E-state index contributed by atoms with van der Waals surface area (Å²) in [5.41, 5.74) is 34.8. The van der Waals surface area contributed by atoms with E-state index in [4.69, 9.17) is 37.1 Å². The van der Waals surface area contributed by atoms with Gasteiger partial charge >= 0.3 is 0 Å². The molecular formula is C60H72I2N8O5. The molecule has 0 amide bonds. The molecule has 8 N–H and O–H groups in total. The van der Waals surface area contributed by atoms with E-state index in [0.29, 0.717) is 84.1 Å². The summed E-state index contributed by atoms with van der Waals surface area (Å²) in [6.07, 6.45) is 9.59. The van der Waals surface area contributed by atoms with Crippen LogP contribution in [-0.4, -0.2) is 64.5 Å². The Hall–Kier alpha value is -5.86. The lowest BCUT2D eigenvalue weighted by molar-refractivity contribution is -0.670. The predicted molar refractivity (Wildman–Crippen MR) is 326 cm³/mol. The fourth-order valence-electron chi connectivity index (χ4n) is 9.65. The second-order valence-corrected chi connectivity index (χ2v) is 18.6. The van der Waals surface area contributed by atoms with Crippen molar-refractivity contribution in [1.82, 2.24) is 0 Å². The Morgan fingerprint density at radius 1 is 0.440 bits per heavy atom. The van der Waals surface area contributed by atoms with Crippen LogP contribution in [0.3, 0.4) is 0 Å². The number of hydrogen-bond acceptors (Lipinski definition) is 11. The molecule has 0 atom stereocenters.